The molecule has 0 spiro atoms. The highest BCUT2D eigenvalue weighted by molar-refractivity contribution is 6.37. The molecule has 20 nitrogen and oxygen atoms in total. The number of piperazine rings is 3. The quantitative estimate of drug-likeness (QED) is 0.0870. The van der Waals surface area contributed by atoms with Crippen LogP contribution in [0, 0.1) is 11.8 Å². The molecule has 0 atom stereocenters. The largest absolute Gasteiger partial charge is 0.384 e. The summed E-state index contributed by atoms with van der Waals surface area (Å²) in [6, 6.07) is 22.5. The monoisotopic (exact) mass is 1410 g/mol. The van der Waals surface area contributed by atoms with Gasteiger partial charge in [-0.1, -0.05) is 87.8 Å². The van der Waals surface area contributed by atoms with E-state index in [9.17, 15) is 14.4 Å². The number of carbonyl (C=O) groups is 3. The first-order valence-electron chi connectivity index (χ1n) is 32.2. The molecule has 4 aliphatic heterocycles. The van der Waals surface area contributed by atoms with E-state index in [2.05, 4.69) is 55.2 Å². The number of imidazole rings is 3. The van der Waals surface area contributed by atoms with Crippen LogP contribution in [0.25, 0.3) is 50.3 Å². The van der Waals surface area contributed by atoms with Crippen molar-refractivity contribution in [1.29, 1.82) is 0 Å². The first-order valence-corrected chi connectivity index (χ1v) is 34.5. The first-order chi connectivity index (χ1) is 46.1. The molecule has 5 aliphatic rings. The highest BCUT2D eigenvalue weighted by atomic mass is 35.5. The Bertz CT molecular complexity index is 4240. The molecule has 14 rings (SSSR count). The predicted molar refractivity (Wildman–Crippen MR) is 379 cm³/mol. The van der Waals surface area contributed by atoms with Crippen molar-refractivity contribution >= 4 is 122 Å². The molecule has 10 heterocycles. The van der Waals surface area contributed by atoms with Gasteiger partial charge in [-0.2, -0.15) is 0 Å². The van der Waals surface area contributed by atoms with Gasteiger partial charge in [0.15, 0.2) is 0 Å². The third kappa shape index (κ3) is 15.4. The summed E-state index contributed by atoms with van der Waals surface area (Å²) in [5.41, 5.74) is 29.0. The molecule has 6 aromatic heterocycles. The van der Waals surface area contributed by atoms with Crippen LogP contribution >= 0.6 is 69.6 Å². The van der Waals surface area contributed by atoms with Gasteiger partial charge in [0.1, 0.15) is 34.4 Å². The van der Waals surface area contributed by atoms with Crippen molar-refractivity contribution in [2.24, 2.45) is 29.0 Å². The van der Waals surface area contributed by atoms with Gasteiger partial charge in [0.05, 0.1) is 31.6 Å². The molecule has 0 bridgehead atoms. The Morgan fingerprint density at radius 2 is 0.832 bits per heavy atom. The third-order valence-corrected chi connectivity index (χ3v) is 20.2. The van der Waals surface area contributed by atoms with Gasteiger partial charge in [0.25, 0.3) is 0 Å². The maximum absolute atomic E-state index is 12.9. The number of methoxy groups -OCH3 is 1. The second kappa shape index (κ2) is 30.7. The maximum Gasteiger partial charge on any atom is 0.225 e. The van der Waals surface area contributed by atoms with Gasteiger partial charge >= 0.3 is 0 Å². The predicted octanol–water partition coefficient (Wildman–Crippen LogP) is 11.5. The average Bonchev–Trinajstić information content (AvgIpc) is 1.71. The van der Waals surface area contributed by atoms with Crippen LogP contribution in [0.1, 0.15) is 55.2 Å². The summed E-state index contributed by atoms with van der Waals surface area (Å²) in [4.78, 5) is 64.1. The Morgan fingerprint density at radius 3 is 1.17 bits per heavy atom. The Labute approximate surface area is 582 Å². The number of benzene rings is 3. The molecule has 26 heteroatoms. The van der Waals surface area contributed by atoms with E-state index in [0.29, 0.717) is 120 Å². The normalized spacial score (nSPS) is 16.4. The van der Waals surface area contributed by atoms with Crippen LogP contribution in [0.4, 0.5) is 17.5 Å². The van der Waals surface area contributed by atoms with Gasteiger partial charge < -0.3 is 56.1 Å². The molecule has 0 radical (unpaired) electrons. The molecule has 3 aromatic carbocycles. The van der Waals surface area contributed by atoms with Crippen molar-refractivity contribution in [3.63, 3.8) is 0 Å². The lowest BCUT2D eigenvalue weighted by Crippen LogP contribution is -2.51. The molecule has 9 aromatic rings. The van der Waals surface area contributed by atoms with E-state index in [1.807, 2.05) is 94.1 Å². The van der Waals surface area contributed by atoms with Crippen molar-refractivity contribution < 1.29 is 23.9 Å². The highest BCUT2D eigenvalue weighted by Gasteiger charge is 2.32. The molecule has 500 valence electrons. The van der Waals surface area contributed by atoms with E-state index in [4.69, 9.17) is 96.3 Å². The number of pyridine rings is 3. The van der Waals surface area contributed by atoms with Gasteiger partial charge in [-0.3, -0.25) is 27.6 Å². The van der Waals surface area contributed by atoms with Crippen LogP contribution in [-0.4, -0.2) is 166 Å². The zero-order valence-corrected chi connectivity index (χ0v) is 57.5. The smallest absolute Gasteiger partial charge is 0.225 e. The molecule has 4 saturated heterocycles. The molecule has 0 unspecified atom stereocenters. The van der Waals surface area contributed by atoms with Crippen LogP contribution in [0.5, 0.6) is 0 Å². The Kier molecular flexibility index (Phi) is 22.0. The molecular weight excluding hydrogens is 1330 g/mol. The summed E-state index contributed by atoms with van der Waals surface area (Å²) in [5.74, 6) is 4.41. The van der Waals surface area contributed by atoms with E-state index in [1.165, 1.54) is 12.8 Å². The van der Waals surface area contributed by atoms with Gasteiger partial charge in [-0.05, 0) is 103 Å². The average molecular weight is 1410 g/mol. The number of ether oxygens (including phenoxy) is 2. The van der Waals surface area contributed by atoms with Crippen LogP contribution in [0.3, 0.4) is 0 Å². The van der Waals surface area contributed by atoms with Crippen LogP contribution < -0.4 is 31.9 Å². The number of anilines is 3. The SMILES string of the molecule is COCCC(=O)N1CCN(c2cnc3cc(CN)c(-c4ccc(Cl)cc4Cl)cn23)CC1.NCc1cc2ncc(N3CCN(C(=O)C4CCOCC4)CC3)n2cc1-c1ccc(Cl)cc1Cl.NCc1cc2ncc(N3CCN(C(=O)CC4CC4)CC3)n2cc1-c1ccc(Cl)cc1Cl. The van der Waals surface area contributed by atoms with E-state index in [0.717, 1.165) is 150 Å². The van der Waals surface area contributed by atoms with Gasteiger partial charge in [0, 0.05) is 213 Å². The molecule has 1 aliphatic carbocycles. The molecule has 1 saturated carbocycles. The fourth-order valence-electron chi connectivity index (χ4n) is 13.0. The lowest BCUT2D eigenvalue weighted by atomic mass is 9.98. The summed E-state index contributed by atoms with van der Waals surface area (Å²) in [5, 5.41) is 3.53. The Morgan fingerprint density at radius 1 is 0.474 bits per heavy atom. The van der Waals surface area contributed by atoms with Gasteiger partial charge in [-0.15, -0.1) is 0 Å². The van der Waals surface area contributed by atoms with E-state index in [-0.39, 0.29) is 17.7 Å². The van der Waals surface area contributed by atoms with E-state index < -0.39 is 0 Å². The minimum Gasteiger partial charge on any atom is -0.384 e. The summed E-state index contributed by atoms with van der Waals surface area (Å²) >= 11 is 37.8. The van der Waals surface area contributed by atoms with E-state index in [1.54, 1.807) is 25.3 Å². The zero-order chi connectivity index (χ0) is 66.4. The van der Waals surface area contributed by atoms with Gasteiger partial charge in [0.2, 0.25) is 17.7 Å². The number of hydrogen-bond acceptors (Lipinski definition) is 14. The number of halogens is 6. The second-order valence-electron chi connectivity index (χ2n) is 24.5. The molecule has 5 fully saturated rings. The number of fused-ring (bicyclic) bond motifs is 3. The van der Waals surface area contributed by atoms with E-state index >= 15 is 0 Å². The number of amides is 3. The first kappa shape index (κ1) is 68.0. The highest BCUT2D eigenvalue weighted by Crippen LogP contribution is 2.39. The van der Waals surface area contributed by atoms with Crippen LogP contribution in [-0.2, 0) is 43.5 Å². The molecule has 3 amide bonds. The van der Waals surface area contributed by atoms with Crippen molar-refractivity contribution in [3.05, 3.63) is 157 Å². The number of nitrogens with zero attached hydrogens (tertiary/aromatic N) is 12. The summed E-state index contributed by atoms with van der Waals surface area (Å²) in [6.45, 7) is 11.8. The van der Waals surface area contributed by atoms with Crippen molar-refractivity contribution in [2.75, 3.05) is 120 Å². The number of hydrogen-bond donors (Lipinski definition) is 3. The van der Waals surface area contributed by atoms with Crippen LogP contribution in [0.2, 0.25) is 30.1 Å². The summed E-state index contributed by atoms with van der Waals surface area (Å²) < 4.78 is 16.6. The molecular formula is C69H77Cl6N15O5. The number of carbonyl (C=O) groups excluding carboxylic acids is 3. The van der Waals surface area contributed by atoms with Gasteiger partial charge in [-0.25, -0.2) is 15.0 Å². The zero-order valence-electron chi connectivity index (χ0n) is 52.9. The number of aromatic nitrogens is 6. The maximum atomic E-state index is 12.9. The number of rotatable bonds is 15. The second-order valence-corrected chi connectivity index (χ2v) is 27.0. The van der Waals surface area contributed by atoms with Crippen molar-refractivity contribution in [2.45, 2.75) is 58.2 Å². The Hall–Kier alpha value is -6.92. The Balaban J connectivity index is 0.000000137. The minimum atomic E-state index is 0.0995. The third-order valence-electron chi connectivity index (χ3n) is 18.5. The van der Waals surface area contributed by atoms with Crippen molar-refractivity contribution in [1.82, 2.24) is 42.9 Å². The topological polar surface area (TPSA) is 219 Å². The fourth-order valence-corrected chi connectivity index (χ4v) is 14.5. The minimum absolute atomic E-state index is 0.0995. The fraction of sp³-hybridized carbons (Fsp3) is 0.391. The molecule has 95 heavy (non-hydrogen) atoms. The van der Waals surface area contributed by atoms with Crippen molar-refractivity contribution in [3.8, 4) is 33.4 Å². The lowest BCUT2D eigenvalue weighted by molar-refractivity contribution is -0.139. The summed E-state index contributed by atoms with van der Waals surface area (Å²) in [6.07, 6.45) is 17.0. The summed E-state index contributed by atoms with van der Waals surface area (Å²) in [7, 11) is 1.61. The van der Waals surface area contributed by atoms with Crippen LogP contribution in [0.15, 0.2) is 110 Å². The molecule has 6 N–H and O–H groups in total. The number of nitrogens with two attached hydrogens (primary N) is 3. The lowest BCUT2D eigenvalue weighted by Gasteiger charge is -2.37. The standard InChI is InChI=1S/C24H27Cl2N5O2.C23H25Cl2N5O.C22H25Cl2N5O2/c25-18-1-2-19(21(26)12-18)20-15-31-22(11-17(20)13-27)28-14-23(31)29-5-7-30(8-6-29)24(32)16-3-9-33-10-4-16;24-17-3-4-18(20(25)11-17)19-14-30-21(10-16(19)12-26)27-13-22(30)28-5-7-29(8-6-28)23(31)9-15-1-2-15;1-31-9-4-22(30)28-7-5-27(6-8-28)21-13-26-20-10-15(12-25)18(14-29(20)21)17-3-2-16(23)11-19(17)24/h1-2,11-12,14-16H,3-10,13,27H2;3-4,10-11,13-15H,1-2,5-9,12,26H2;2-3,10-11,13-14H,4-9,12,25H2,1H3.